The topological polar surface area (TPSA) is 69.7 Å². The number of carbonyl (C=O) groups is 1. The first-order valence-electron chi connectivity index (χ1n) is 8.68. The summed E-state index contributed by atoms with van der Waals surface area (Å²) in [5.74, 6) is -0.100. The second kappa shape index (κ2) is 8.70. The molecule has 3 rings (SSSR count). The number of piperazine rings is 1. The Hall–Kier alpha value is -1.45. The average molecular weight is 428 g/mol. The van der Waals surface area contributed by atoms with Gasteiger partial charge in [-0.2, -0.15) is 4.31 Å². The minimum atomic E-state index is -3.42. The molecule has 27 heavy (non-hydrogen) atoms. The first-order valence-corrected chi connectivity index (χ1v) is 11.4. The van der Waals surface area contributed by atoms with Gasteiger partial charge in [0.1, 0.15) is 4.21 Å². The highest BCUT2D eigenvalue weighted by Gasteiger charge is 2.29. The number of hydrogen-bond acceptors (Lipinski definition) is 5. The van der Waals surface area contributed by atoms with E-state index in [2.05, 4.69) is 5.32 Å². The number of thiophene rings is 1. The van der Waals surface area contributed by atoms with Gasteiger partial charge >= 0.3 is 0 Å². The summed E-state index contributed by atoms with van der Waals surface area (Å²) in [6, 6.07) is 10.6. The van der Waals surface area contributed by atoms with Crippen LogP contribution in [-0.4, -0.2) is 56.3 Å². The van der Waals surface area contributed by atoms with Crippen LogP contribution in [0.3, 0.4) is 0 Å². The first kappa shape index (κ1) is 20.3. The van der Waals surface area contributed by atoms with E-state index in [9.17, 15) is 13.2 Å². The number of benzene rings is 1. The van der Waals surface area contributed by atoms with E-state index in [1.165, 1.54) is 15.6 Å². The van der Waals surface area contributed by atoms with Crippen LogP contribution in [0.25, 0.3) is 0 Å². The van der Waals surface area contributed by atoms with E-state index in [0.717, 1.165) is 5.56 Å². The molecule has 1 N–H and O–H groups in total. The van der Waals surface area contributed by atoms with Crippen LogP contribution in [-0.2, 0) is 14.8 Å². The number of amides is 1. The number of nitrogens with one attached hydrogen (secondary N) is 1. The highest BCUT2D eigenvalue weighted by Crippen LogP contribution is 2.23. The zero-order chi connectivity index (χ0) is 19.4. The van der Waals surface area contributed by atoms with Crippen LogP contribution < -0.4 is 5.32 Å². The lowest BCUT2D eigenvalue weighted by molar-refractivity contribution is -0.123. The third-order valence-electron chi connectivity index (χ3n) is 4.54. The maximum Gasteiger partial charge on any atom is 0.252 e. The molecule has 6 nitrogen and oxygen atoms in total. The predicted octanol–water partition coefficient (Wildman–Crippen LogP) is 2.59. The Balaban J connectivity index is 1.50. The lowest BCUT2D eigenvalue weighted by Gasteiger charge is -2.33. The van der Waals surface area contributed by atoms with Gasteiger partial charge in [-0.3, -0.25) is 9.69 Å². The fourth-order valence-corrected chi connectivity index (χ4v) is 5.93. The summed E-state index contributed by atoms with van der Waals surface area (Å²) < 4.78 is 26.9. The molecule has 0 saturated carbocycles. The van der Waals surface area contributed by atoms with E-state index in [-0.39, 0.29) is 18.5 Å². The maximum absolute atomic E-state index is 12.5. The molecular weight excluding hydrogens is 406 g/mol. The third-order valence-corrected chi connectivity index (χ3v) is 8.15. The van der Waals surface area contributed by atoms with Gasteiger partial charge in [-0.05, 0) is 30.0 Å². The fraction of sp³-hybridized carbons (Fsp3) is 0.389. The van der Waals surface area contributed by atoms with Crippen molar-refractivity contribution in [3.05, 3.63) is 52.4 Å². The van der Waals surface area contributed by atoms with E-state index in [1.807, 2.05) is 30.0 Å². The molecule has 1 fully saturated rings. The van der Waals surface area contributed by atoms with Crippen molar-refractivity contribution in [2.75, 3.05) is 32.7 Å². The molecule has 1 aromatic carbocycles. The highest BCUT2D eigenvalue weighted by molar-refractivity contribution is 7.91. The van der Waals surface area contributed by atoms with Gasteiger partial charge in [-0.25, -0.2) is 8.42 Å². The molecule has 0 aliphatic carbocycles. The monoisotopic (exact) mass is 427 g/mol. The van der Waals surface area contributed by atoms with Gasteiger partial charge in [0.15, 0.2) is 0 Å². The van der Waals surface area contributed by atoms with Crippen molar-refractivity contribution in [3.8, 4) is 0 Å². The number of nitrogens with zero attached hydrogens (tertiary/aromatic N) is 2. The van der Waals surface area contributed by atoms with Crippen molar-refractivity contribution in [3.63, 3.8) is 0 Å². The highest BCUT2D eigenvalue weighted by atomic mass is 35.5. The lowest BCUT2D eigenvalue weighted by Crippen LogP contribution is -2.51. The predicted molar refractivity (Wildman–Crippen MR) is 108 cm³/mol. The van der Waals surface area contributed by atoms with Crippen LogP contribution in [0.4, 0.5) is 0 Å². The molecule has 9 heteroatoms. The SMILES string of the molecule is C[C@H](NC(=O)CN1CCN(S(=O)(=O)c2cccs2)CC1)c1ccccc1Cl. The summed E-state index contributed by atoms with van der Waals surface area (Å²) in [4.78, 5) is 14.3. The number of rotatable bonds is 6. The number of hydrogen-bond donors (Lipinski definition) is 1. The van der Waals surface area contributed by atoms with Crippen LogP contribution in [0.5, 0.6) is 0 Å². The second-order valence-electron chi connectivity index (χ2n) is 6.42. The Morgan fingerprint density at radius 3 is 2.52 bits per heavy atom. The number of halogens is 1. The van der Waals surface area contributed by atoms with E-state index < -0.39 is 10.0 Å². The van der Waals surface area contributed by atoms with Crippen molar-refractivity contribution >= 4 is 38.9 Å². The molecule has 0 unspecified atom stereocenters. The minimum absolute atomic E-state index is 0.100. The Bertz CT molecular complexity index is 879. The first-order chi connectivity index (χ1) is 12.9. The van der Waals surface area contributed by atoms with Gasteiger partial charge < -0.3 is 5.32 Å². The van der Waals surface area contributed by atoms with E-state index in [1.54, 1.807) is 23.6 Å². The fourth-order valence-electron chi connectivity index (χ4n) is 3.06. The molecule has 1 amide bonds. The molecule has 1 saturated heterocycles. The standard InChI is InChI=1S/C18H22ClN3O3S2/c1-14(15-5-2-3-6-16(15)19)20-17(23)13-21-8-10-22(11-9-21)27(24,25)18-7-4-12-26-18/h2-7,12,14H,8-11,13H2,1H3,(H,20,23)/t14-/m0/s1. The van der Waals surface area contributed by atoms with Crippen LogP contribution in [0.1, 0.15) is 18.5 Å². The zero-order valence-electron chi connectivity index (χ0n) is 15.0. The summed E-state index contributed by atoms with van der Waals surface area (Å²) in [5, 5.41) is 5.33. The van der Waals surface area contributed by atoms with Crippen LogP contribution in [0.15, 0.2) is 46.0 Å². The smallest absolute Gasteiger partial charge is 0.252 e. The third kappa shape index (κ3) is 4.89. The van der Waals surface area contributed by atoms with Crippen molar-refractivity contribution in [2.24, 2.45) is 0 Å². The lowest BCUT2D eigenvalue weighted by atomic mass is 10.1. The van der Waals surface area contributed by atoms with Crippen molar-refractivity contribution in [1.29, 1.82) is 0 Å². The average Bonchev–Trinajstić information content (AvgIpc) is 3.18. The summed E-state index contributed by atoms with van der Waals surface area (Å²) >= 11 is 7.39. The molecule has 1 aliphatic rings. The second-order valence-corrected chi connectivity index (χ2v) is 9.94. The molecule has 2 aromatic rings. The van der Waals surface area contributed by atoms with E-state index >= 15 is 0 Å². The van der Waals surface area contributed by atoms with Gasteiger partial charge in [0.05, 0.1) is 12.6 Å². The molecule has 1 aliphatic heterocycles. The Kier molecular flexibility index (Phi) is 6.54. The van der Waals surface area contributed by atoms with Crippen molar-refractivity contribution < 1.29 is 13.2 Å². The van der Waals surface area contributed by atoms with Gasteiger partial charge in [-0.15, -0.1) is 11.3 Å². The molecule has 1 aromatic heterocycles. The van der Waals surface area contributed by atoms with E-state index in [4.69, 9.17) is 11.6 Å². The molecule has 1 atom stereocenters. The van der Waals surface area contributed by atoms with Crippen molar-refractivity contribution in [1.82, 2.24) is 14.5 Å². The number of sulfonamides is 1. The Morgan fingerprint density at radius 2 is 1.89 bits per heavy atom. The summed E-state index contributed by atoms with van der Waals surface area (Å²) in [5.41, 5.74) is 0.874. The van der Waals surface area contributed by atoms with E-state index in [0.29, 0.717) is 35.4 Å². The summed E-state index contributed by atoms with van der Waals surface area (Å²) in [6.45, 7) is 3.95. The summed E-state index contributed by atoms with van der Waals surface area (Å²) in [7, 11) is -3.42. The normalized spacial score (nSPS) is 17.6. The van der Waals surface area contributed by atoms with Gasteiger partial charge in [0.25, 0.3) is 10.0 Å². The molecule has 2 heterocycles. The van der Waals surface area contributed by atoms with Crippen molar-refractivity contribution in [2.45, 2.75) is 17.2 Å². The molecule has 0 bridgehead atoms. The maximum atomic E-state index is 12.5. The molecular formula is C18H22ClN3O3S2. The summed E-state index contributed by atoms with van der Waals surface area (Å²) in [6.07, 6.45) is 0. The molecule has 0 radical (unpaired) electrons. The Labute approximate surface area is 168 Å². The molecule has 146 valence electrons. The van der Waals surface area contributed by atoms with Crippen LogP contribution >= 0.6 is 22.9 Å². The van der Waals surface area contributed by atoms with Gasteiger partial charge in [0.2, 0.25) is 5.91 Å². The minimum Gasteiger partial charge on any atom is -0.348 e. The van der Waals surface area contributed by atoms with Crippen LogP contribution in [0.2, 0.25) is 5.02 Å². The van der Waals surface area contributed by atoms with Gasteiger partial charge in [0, 0.05) is 31.2 Å². The number of carbonyl (C=O) groups excluding carboxylic acids is 1. The van der Waals surface area contributed by atoms with Gasteiger partial charge in [-0.1, -0.05) is 35.9 Å². The largest absolute Gasteiger partial charge is 0.348 e. The zero-order valence-corrected chi connectivity index (χ0v) is 17.4. The van der Waals surface area contributed by atoms with Crippen LogP contribution in [0, 0.1) is 0 Å². The Morgan fingerprint density at radius 1 is 1.19 bits per heavy atom. The molecule has 0 spiro atoms. The quantitative estimate of drug-likeness (QED) is 0.769.